The zero-order chi connectivity index (χ0) is 14.7. The maximum absolute atomic E-state index is 13.8. The smallest absolute Gasteiger partial charge is 0.129 e. The molecular formula is C15H19ClFN3. The van der Waals surface area contributed by atoms with Gasteiger partial charge in [0, 0.05) is 34.4 Å². The highest BCUT2D eigenvalue weighted by atomic mass is 35.5. The van der Waals surface area contributed by atoms with Gasteiger partial charge in [0.05, 0.1) is 12.7 Å². The van der Waals surface area contributed by atoms with Gasteiger partial charge in [0.15, 0.2) is 0 Å². The molecule has 0 unspecified atom stereocenters. The lowest BCUT2D eigenvalue weighted by atomic mass is 10.2. The van der Waals surface area contributed by atoms with Crippen LogP contribution in [0, 0.1) is 12.7 Å². The molecule has 0 saturated carbocycles. The van der Waals surface area contributed by atoms with Crippen molar-refractivity contribution in [3.05, 3.63) is 52.1 Å². The molecular weight excluding hydrogens is 277 g/mol. The lowest BCUT2D eigenvalue weighted by molar-refractivity contribution is 0.574. The van der Waals surface area contributed by atoms with E-state index in [9.17, 15) is 4.39 Å². The minimum atomic E-state index is -0.297. The fourth-order valence-corrected chi connectivity index (χ4v) is 2.19. The number of aromatic nitrogens is 2. The Morgan fingerprint density at radius 1 is 1.40 bits per heavy atom. The number of nitrogens with zero attached hydrogens (tertiary/aromatic N) is 2. The lowest BCUT2D eigenvalue weighted by Crippen LogP contribution is -2.22. The first-order valence-electron chi connectivity index (χ1n) is 6.66. The first-order valence-corrected chi connectivity index (χ1v) is 7.04. The van der Waals surface area contributed by atoms with Crippen LogP contribution in [0.4, 0.5) is 4.39 Å². The van der Waals surface area contributed by atoms with Gasteiger partial charge in [0.2, 0.25) is 0 Å². The van der Waals surface area contributed by atoms with Crippen LogP contribution in [0.25, 0.3) is 0 Å². The SMILES string of the molecule is Cc1c(CNC(C)C)cnn1Cc1c(F)cccc1Cl. The topological polar surface area (TPSA) is 29.9 Å². The second kappa shape index (κ2) is 6.37. The van der Waals surface area contributed by atoms with Crippen LogP contribution in [0.5, 0.6) is 0 Å². The third kappa shape index (κ3) is 3.38. The molecule has 0 saturated heterocycles. The van der Waals surface area contributed by atoms with E-state index in [1.807, 2.05) is 13.1 Å². The van der Waals surface area contributed by atoms with Crippen molar-refractivity contribution < 1.29 is 4.39 Å². The number of nitrogens with one attached hydrogen (secondary N) is 1. The average molecular weight is 296 g/mol. The average Bonchev–Trinajstić information content (AvgIpc) is 2.73. The van der Waals surface area contributed by atoms with Crippen molar-refractivity contribution in [3.8, 4) is 0 Å². The van der Waals surface area contributed by atoms with Crippen molar-refractivity contribution in [1.82, 2.24) is 15.1 Å². The summed E-state index contributed by atoms with van der Waals surface area (Å²) in [4.78, 5) is 0. The Kier molecular flexibility index (Phi) is 4.78. The number of hydrogen-bond donors (Lipinski definition) is 1. The van der Waals surface area contributed by atoms with Gasteiger partial charge >= 0.3 is 0 Å². The van der Waals surface area contributed by atoms with Crippen molar-refractivity contribution in [1.29, 1.82) is 0 Å². The second-order valence-corrected chi connectivity index (χ2v) is 5.56. The predicted molar refractivity (Wildman–Crippen MR) is 79.5 cm³/mol. The van der Waals surface area contributed by atoms with Crippen LogP contribution in [-0.4, -0.2) is 15.8 Å². The van der Waals surface area contributed by atoms with Crippen LogP contribution in [0.2, 0.25) is 5.02 Å². The van der Waals surface area contributed by atoms with Gasteiger partial charge in [-0.2, -0.15) is 5.10 Å². The Morgan fingerprint density at radius 2 is 2.15 bits per heavy atom. The molecule has 20 heavy (non-hydrogen) atoms. The monoisotopic (exact) mass is 295 g/mol. The summed E-state index contributed by atoms with van der Waals surface area (Å²) >= 11 is 6.05. The molecule has 3 nitrogen and oxygen atoms in total. The van der Waals surface area contributed by atoms with E-state index in [0.717, 1.165) is 17.8 Å². The quantitative estimate of drug-likeness (QED) is 0.914. The molecule has 1 N–H and O–H groups in total. The minimum absolute atomic E-state index is 0.297. The molecule has 0 aliphatic heterocycles. The number of halogens is 2. The van der Waals surface area contributed by atoms with E-state index < -0.39 is 0 Å². The molecule has 1 aromatic heterocycles. The molecule has 2 rings (SSSR count). The van der Waals surface area contributed by atoms with Crippen molar-refractivity contribution in [2.45, 2.75) is 39.9 Å². The molecule has 0 aliphatic carbocycles. The normalized spacial score (nSPS) is 11.3. The number of rotatable bonds is 5. The van der Waals surface area contributed by atoms with Crippen LogP contribution in [0.1, 0.15) is 30.7 Å². The van der Waals surface area contributed by atoms with Gasteiger partial charge < -0.3 is 5.32 Å². The maximum atomic E-state index is 13.8. The highest BCUT2D eigenvalue weighted by Crippen LogP contribution is 2.21. The van der Waals surface area contributed by atoms with Crippen LogP contribution in [0.3, 0.4) is 0 Å². The molecule has 0 atom stereocenters. The summed E-state index contributed by atoms with van der Waals surface area (Å²) < 4.78 is 15.6. The van der Waals surface area contributed by atoms with Crippen molar-refractivity contribution in [2.75, 3.05) is 0 Å². The van der Waals surface area contributed by atoms with E-state index in [4.69, 9.17) is 11.6 Å². The van der Waals surface area contributed by atoms with Gasteiger partial charge in [-0.15, -0.1) is 0 Å². The van der Waals surface area contributed by atoms with E-state index in [0.29, 0.717) is 23.2 Å². The zero-order valence-electron chi connectivity index (χ0n) is 12.0. The Hall–Kier alpha value is -1.39. The van der Waals surface area contributed by atoms with Crippen LogP contribution >= 0.6 is 11.6 Å². The molecule has 0 spiro atoms. The van der Waals surface area contributed by atoms with E-state index in [2.05, 4.69) is 24.3 Å². The molecule has 1 heterocycles. The fraction of sp³-hybridized carbons (Fsp3) is 0.400. The van der Waals surface area contributed by atoms with Crippen molar-refractivity contribution >= 4 is 11.6 Å². The van der Waals surface area contributed by atoms with E-state index in [1.54, 1.807) is 16.8 Å². The van der Waals surface area contributed by atoms with Crippen molar-refractivity contribution in [2.24, 2.45) is 0 Å². The Bertz CT molecular complexity index is 573. The maximum Gasteiger partial charge on any atom is 0.129 e. The molecule has 108 valence electrons. The summed E-state index contributed by atoms with van der Waals surface area (Å²) in [5.74, 6) is -0.297. The number of hydrogen-bond acceptors (Lipinski definition) is 2. The van der Waals surface area contributed by atoms with Crippen LogP contribution < -0.4 is 5.32 Å². The summed E-state index contributed by atoms with van der Waals surface area (Å²) in [7, 11) is 0. The third-order valence-corrected chi connectivity index (χ3v) is 3.63. The molecule has 2 aromatic rings. The first kappa shape index (κ1) is 15.0. The lowest BCUT2D eigenvalue weighted by Gasteiger charge is -2.10. The van der Waals surface area contributed by atoms with Gasteiger partial charge in [-0.3, -0.25) is 4.68 Å². The van der Waals surface area contributed by atoms with Crippen molar-refractivity contribution in [3.63, 3.8) is 0 Å². The zero-order valence-corrected chi connectivity index (χ0v) is 12.7. The Labute approximate surface area is 123 Å². The first-order chi connectivity index (χ1) is 9.49. The van der Waals surface area contributed by atoms with E-state index >= 15 is 0 Å². The molecule has 0 amide bonds. The second-order valence-electron chi connectivity index (χ2n) is 5.15. The molecule has 1 aromatic carbocycles. The molecule has 5 heteroatoms. The fourth-order valence-electron chi connectivity index (χ4n) is 1.97. The summed E-state index contributed by atoms with van der Waals surface area (Å²) in [6.45, 7) is 7.28. The highest BCUT2D eigenvalue weighted by Gasteiger charge is 2.12. The number of benzene rings is 1. The summed E-state index contributed by atoms with van der Waals surface area (Å²) in [5.41, 5.74) is 2.62. The third-order valence-electron chi connectivity index (χ3n) is 3.28. The summed E-state index contributed by atoms with van der Waals surface area (Å²) in [6.07, 6.45) is 1.82. The summed E-state index contributed by atoms with van der Waals surface area (Å²) in [5, 5.41) is 8.10. The standard InChI is InChI=1S/C15H19ClFN3/c1-10(2)18-7-12-8-19-20(11(12)3)9-13-14(16)5-4-6-15(13)17/h4-6,8,10,18H,7,9H2,1-3H3. The molecule has 0 radical (unpaired) electrons. The molecule has 0 aliphatic rings. The Morgan fingerprint density at radius 3 is 2.80 bits per heavy atom. The van der Waals surface area contributed by atoms with Gasteiger partial charge in [-0.25, -0.2) is 4.39 Å². The van der Waals surface area contributed by atoms with Crippen LogP contribution in [-0.2, 0) is 13.1 Å². The van der Waals surface area contributed by atoms with Gasteiger partial charge in [-0.1, -0.05) is 31.5 Å². The van der Waals surface area contributed by atoms with E-state index in [-0.39, 0.29) is 5.82 Å². The van der Waals surface area contributed by atoms with Gasteiger partial charge in [0.25, 0.3) is 0 Å². The van der Waals surface area contributed by atoms with Crippen LogP contribution in [0.15, 0.2) is 24.4 Å². The minimum Gasteiger partial charge on any atom is -0.310 e. The molecule has 0 bridgehead atoms. The summed E-state index contributed by atoms with van der Waals surface area (Å²) in [6, 6.07) is 5.13. The Balaban J connectivity index is 2.18. The van der Waals surface area contributed by atoms with Gasteiger partial charge in [0.1, 0.15) is 5.82 Å². The van der Waals surface area contributed by atoms with Gasteiger partial charge in [-0.05, 0) is 19.1 Å². The van der Waals surface area contributed by atoms with E-state index in [1.165, 1.54) is 6.07 Å². The largest absolute Gasteiger partial charge is 0.310 e. The molecule has 0 fully saturated rings. The predicted octanol–water partition coefficient (Wildman–Crippen LogP) is 3.53. The highest BCUT2D eigenvalue weighted by molar-refractivity contribution is 6.31.